The van der Waals surface area contributed by atoms with Crippen LogP contribution in [0.15, 0.2) is 18.2 Å². The number of nitrogens with zero attached hydrogens (tertiary/aromatic N) is 2. The summed E-state index contributed by atoms with van der Waals surface area (Å²) < 4.78 is 2.07. The molecule has 0 bridgehead atoms. The van der Waals surface area contributed by atoms with E-state index in [0.717, 1.165) is 25.2 Å². The van der Waals surface area contributed by atoms with E-state index in [-0.39, 0.29) is 0 Å². The minimum absolute atomic E-state index is 0.926. The fraction of sp³-hybridized carbons (Fsp3) is 0.400. The highest BCUT2D eigenvalue weighted by Crippen LogP contribution is 2.32. The van der Waals surface area contributed by atoms with E-state index in [4.69, 9.17) is 0 Å². The molecule has 1 aromatic carbocycles. The van der Waals surface area contributed by atoms with Gasteiger partial charge in [-0.25, -0.2) is 0 Å². The average Bonchev–Trinajstić information content (AvgIpc) is 2.93. The van der Waals surface area contributed by atoms with Crippen LogP contribution in [0.2, 0.25) is 0 Å². The number of nitrogens with one attached hydrogen (secondary N) is 1. The van der Waals surface area contributed by atoms with Crippen molar-refractivity contribution in [1.29, 1.82) is 0 Å². The Labute approximate surface area is 108 Å². The van der Waals surface area contributed by atoms with E-state index < -0.39 is 0 Å². The third-order valence-corrected chi connectivity index (χ3v) is 3.79. The zero-order valence-electron chi connectivity index (χ0n) is 11.2. The highest BCUT2D eigenvalue weighted by molar-refractivity contribution is 5.74. The largest absolute Gasteiger partial charge is 0.384 e. The normalized spacial score (nSPS) is 13.5. The lowest BCUT2D eigenvalue weighted by atomic mass is 10.0. The van der Waals surface area contributed by atoms with Gasteiger partial charge in [-0.05, 0) is 44.4 Å². The van der Waals surface area contributed by atoms with E-state index >= 15 is 0 Å². The quantitative estimate of drug-likeness (QED) is 0.875. The number of fused-ring (bicyclic) bond motifs is 1. The number of benzene rings is 1. The molecule has 0 fully saturated rings. The van der Waals surface area contributed by atoms with E-state index in [1.165, 1.54) is 28.1 Å². The van der Waals surface area contributed by atoms with Gasteiger partial charge in [0, 0.05) is 30.0 Å². The Hall–Kier alpha value is -1.77. The third-order valence-electron chi connectivity index (χ3n) is 3.79. The maximum Gasteiger partial charge on any atom is 0.0674 e. The fourth-order valence-corrected chi connectivity index (χ4v) is 2.87. The summed E-state index contributed by atoms with van der Waals surface area (Å²) >= 11 is 0. The summed E-state index contributed by atoms with van der Waals surface area (Å²) in [6, 6.07) is 6.73. The standard InChI is InChI=1S/C15H19N3/c1-4-18-11(3)15(10(2)17-18)13-6-5-12-7-8-16-14(12)9-13/h5-6,9,16H,4,7-8H2,1-3H3. The van der Waals surface area contributed by atoms with Gasteiger partial charge in [0.15, 0.2) is 0 Å². The molecule has 3 heteroatoms. The summed E-state index contributed by atoms with van der Waals surface area (Å²) in [7, 11) is 0. The van der Waals surface area contributed by atoms with Crippen molar-refractivity contribution in [1.82, 2.24) is 9.78 Å². The minimum Gasteiger partial charge on any atom is -0.384 e. The lowest BCUT2D eigenvalue weighted by Crippen LogP contribution is -1.98. The molecular formula is C15H19N3. The first-order chi connectivity index (χ1) is 8.70. The first-order valence-corrected chi connectivity index (χ1v) is 6.62. The third kappa shape index (κ3) is 1.62. The molecule has 0 spiro atoms. The molecule has 0 saturated heterocycles. The first-order valence-electron chi connectivity index (χ1n) is 6.62. The van der Waals surface area contributed by atoms with Crippen molar-refractivity contribution in [3.05, 3.63) is 35.2 Å². The minimum atomic E-state index is 0.926. The molecule has 0 unspecified atom stereocenters. The number of aryl methyl sites for hydroxylation is 2. The highest BCUT2D eigenvalue weighted by atomic mass is 15.3. The smallest absolute Gasteiger partial charge is 0.0674 e. The van der Waals surface area contributed by atoms with Gasteiger partial charge in [0.1, 0.15) is 0 Å². The summed E-state index contributed by atoms with van der Waals surface area (Å²) in [6.45, 7) is 8.36. The summed E-state index contributed by atoms with van der Waals surface area (Å²) in [5.74, 6) is 0. The van der Waals surface area contributed by atoms with Crippen LogP contribution in [0, 0.1) is 13.8 Å². The van der Waals surface area contributed by atoms with Gasteiger partial charge in [-0.2, -0.15) is 5.10 Å². The Balaban J connectivity index is 2.12. The Morgan fingerprint density at radius 2 is 2.17 bits per heavy atom. The second kappa shape index (κ2) is 4.16. The molecule has 1 N–H and O–H groups in total. The van der Waals surface area contributed by atoms with Crippen LogP contribution in [0.3, 0.4) is 0 Å². The number of anilines is 1. The van der Waals surface area contributed by atoms with E-state index in [1.54, 1.807) is 0 Å². The zero-order chi connectivity index (χ0) is 12.7. The summed E-state index contributed by atoms with van der Waals surface area (Å²) in [5.41, 5.74) is 7.65. The lowest BCUT2D eigenvalue weighted by molar-refractivity contribution is 0.634. The Bertz CT molecular complexity index is 596. The van der Waals surface area contributed by atoms with Gasteiger partial charge in [-0.1, -0.05) is 12.1 Å². The predicted molar refractivity (Wildman–Crippen MR) is 75.0 cm³/mol. The van der Waals surface area contributed by atoms with Crippen molar-refractivity contribution >= 4 is 5.69 Å². The molecule has 0 aliphatic carbocycles. The van der Waals surface area contributed by atoms with Crippen molar-refractivity contribution in [3.63, 3.8) is 0 Å². The van der Waals surface area contributed by atoms with Crippen LogP contribution in [0.25, 0.3) is 11.1 Å². The maximum atomic E-state index is 4.59. The molecule has 0 saturated carbocycles. The van der Waals surface area contributed by atoms with E-state index in [0.29, 0.717) is 0 Å². The van der Waals surface area contributed by atoms with E-state index in [9.17, 15) is 0 Å². The monoisotopic (exact) mass is 241 g/mol. The Kier molecular flexibility index (Phi) is 2.62. The molecule has 0 radical (unpaired) electrons. The van der Waals surface area contributed by atoms with Crippen molar-refractivity contribution in [2.45, 2.75) is 33.7 Å². The van der Waals surface area contributed by atoms with E-state index in [2.05, 4.69) is 54.1 Å². The molecule has 0 atom stereocenters. The van der Waals surface area contributed by atoms with Crippen LogP contribution in [0.5, 0.6) is 0 Å². The van der Waals surface area contributed by atoms with Crippen LogP contribution in [-0.2, 0) is 13.0 Å². The summed E-state index contributed by atoms with van der Waals surface area (Å²) in [6.07, 6.45) is 1.14. The van der Waals surface area contributed by atoms with Gasteiger partial charge < -0.3 is 5.32 Å². The number of rotatable bonds is 2. The second-order valence-corrected chi connectivity index (χ2v) is 4.91. The van der Waals surface area contributed by atoms with Crippen molar-refractivity contribution in [2.75, 3.05) is 11.9 Å². The predicted octanol–water partition coefficient (Wildman–Crippen LogP) is 3.15. The average molecular weight is 241 g/mol. The molecule has 2 heterocycles. The Morgan fingerprint density at radius 3 is 2.89 bits per heavy atom. The molecule has 1 aliphatic heterocycles. The van der Waals surface area contributed by atoms with Crippen LogP contribution >= 0.6 is 0 Å². The van der Waals surface area contributed by atoms with Crippen molar-refractivity contribution in [3.8, 4) is 11.1 Å². The van der Waals surface area contributed by atoms with Gasteiger partial charge in [0.05, 0.1) is 5.69 Å². The molecule has 0 amide bonds. The van der Waals surface area contributed by atoms with Gasteiger partial charge in [0.2, 0.25) is 0 Å². The molecule has 1 aliphatic rings. The molecule has 2 aromatic rings. The van der Waals surface area contributed by atoms with Gasteiger partial charge in [-0.15, -0.1) is 0 Å². The van der Waals surface area contributed by atoms with Gasteiger partial charge in [0.25, 0.3) is 0 Å². The van der Waals surface area contributed by atoms with Crippen LogP contribution in [-0.4, -0.2) is 16.3 Å². The molecule has 1 aromatic heterocycles. The topological polar surface area (TPSA) is 29.9 Å². The molecular weight excluding hydrogens is 222 g/mol. The zero-order valence-corrected chi connectivity index (χ0v) is 11.2. The summed E-state index contributed by atoms with van der Waals surface area (Å²) in [4.78, 5) is 0. The number of hydrogen-bond donors (Lipinski definition) is 1. The molecule has 18 heavy (non-hydrogen) atoms. The lowest BCUT2D eigenvalue weighted by Gasteiger charge is -2.06. The number of aromatic nitrogens is 2. The van der Waals surface area contributed by atoms with Crippen LogP contribution < -0.4 is 5.32 Å². The fourth-order valence-electron chi connectivity index (χ4n) is 2.87. The van der Waals surface area contributed by atoms with Gasteiger partial charge >= 0.3 is 0 Å². The first kappa shape index (κ1) is 11.3. The van der Waals surface area contributed by atoms with Crippen molar-refractivity contribution in [2.24, 2.45) is 0 Å². The molecule has 3 nitrogen and oxygen atoms in total. The van der Waals surface area contributed by atoms with Crippen LogP contribution in [0.4, 0.5) is 5.69 Å². The Morgan fingerprint density at radius 1 is 1.33 bits per heavy atom. The highest BCUT2D eigenvalue weighted by Gasteiger charge is 2.16. The molecule has 3 rings (SSSR count). The van der Waals surface area contributed by atoms with E-state index in [1.807, 2.05) is 0 Å². The maximum absolute atomic E-state index is 4.59. The summed E-state index contributed by atoms with van der Waals surface area (Å²) in [5, 5.41) is 8.04. The van der Waals surface area contributed by atoms with Crippen molar-refractivity contribution < 1.29 is 0 Å². The number of hydrogen-bond acceptors (Lipinski definition) is 2. The van der Waals surface area contributed by atoms with Crippen LogP contribution in [0.1, 0.15) is 23.9 Å². The second-order valence-electron chi connectivity index (χ2n) is 4.91. The molecule has 94 valence electrons. The SMILES string of the molecule is CCn1nc(C)c(-c2ccc3c(c2)NCC3)c1C. The van der Waals surface area contributed by atoms with Gasteiger partial charge in [-0.3, -0.25) is 4.68 Å².